The SMILES string of the molecule is CCC(NC(=O)C1CCN(c2nnc(-c3ccc(C)cc3)o2)CC1)c1ccc(OC)cc1. The summed E-state index contributed by atoms with van der Waals surface area (Å²) in [5, 5.41) is 11.6. The number of nitrogens with one attached hydrogen (secondary N) is 1. The average Bonchev–Trinajstić information content (AvgIpc) is 3.33. The van der Waals surface area contributed by atoms with Gasteiger partial charge in [0.1, 0.15) is 5.75 Å². The normalized spacial score (nSPS) is 15.4. The van der Waals surface area contributed by atoms with Crippen LogP contribution in [0.4, 0.5) is 6.01 Å². The Bertz CT molecular complexity index is 1020. The molecule has 1 N–H and O–H groups in total. The van der Waals surface area contributed by atoms with Crippen molar-refractivity contribution in [2.75, 3.05) is 25.1 Å². The van der Waals surface area contributed by atoms with E-state index in [1.807, 2.05) is 55.5 Å². The Labute approximate surface area is 188 Å². The maximum absolute atomic E-state index is 12.9. The van der Waals surface area contributed by atoms with Crippen LogP contribution >= 0.6 is 0 Å². The summed E-state index contributed by atoms with van der Waals surface area (Å²) in [7, 11) is 1.65. The first-order valence-corrected chi connectivity index (χ1v) is 11.2. The number of benzene rings is 2. The van der Waals surface area contributed by atoms with Gasteiger partial charge in [0.15, 0.2) is 0 Å². The van der Waals surface area contributed by atoms with Gasteiger partial charge < -0.3 is 19.4 Å². The van der Waals surface area contributed by atoms with E-state index in [0.29, 0.717) is 25.0 Å². The summed E-state index contributed by atoms with van der Waals surface area (Å²) in [6.45, 7) is 5.56. The van der Waals surface area contributed by atoms with Gasteiger partial charge in [0.05, 0.1) is 13.2 Å². The Morgan fingerprint density at radius 2 is 1.81 bits per heavy atom. The molecular weight excluding hydrogens is 404 g/mol. The van der Waals surface area contributed by atoms with Gasteiger partial charge >= 0.3 is 6.01 Å². The quantitative estimate of drug-likeness (QED) is 0.588. The maximum atomic E-state index is 12.9. The van der Waals surface area contributed by atoms with Crippen LogP contribution in [0.25, 0.3) is 11.5 Å². The zero-order valence-corrected chi connectivity index (χ0v) is 18.9. The number of hydrogen-bond acceptors (Lipinski definition) is 6. The lowest BCUT2D eigenvalue weighted by Crippen LogP contribution is -2.41. The molecule has 3 aromatic rings. The minimum atomic E-state index is -0.0157. The summed E-state index contributed by atoms with van der Waals surface area (Å²) < 4.78 is 11.1. The van der Waals surface area contributed by atoms with Gasteiger partial charge in [-0.25, -0.2) is 0 Å². The molecule has 7 heteroatoms. The highest BCUT2D eigenvalue weighted by Gasteiger charge is 2.28. The van der Waals surface area contributed by atoms with Crippen molar-refractivity contribution >= 4 is 11.9 Å². The molecule has 0 spiro atoms. The summed E-state index contributed by atoms with van der Waals surface area (Å²) >= 11 is 0. The highest BCUT2D eigenvalue weighted by molar-refractivity contribution is 5.79. The third kappa shape index (κ3) is 4.93. The second kappa shape index (κ2) is 9.85. The number of methoxy groups -OCH3 is 1. The monoisotopic (exact) mass is 434 g/mol. The number of rotatable bonds is 7. The van der Waals surface area contributed by atoms with Crippen LogP contribution < -0.4 is 15.0 Å². The highest BCUT2D eigenvalue weighted by atomic mass is 16.5. The second-order valence-electron chi connectivity index (χ2n) is 8.26. The number of carbonyl (C=O) groups excluding carboxylic acids is 1. The van der Waals surface area contributed by atoms with E-state index in [1.54, 1.807) is 7.11 Å². The van der Waals surface area contributed by atoms with Crippen LogP contribution in [0, 0.1) is 12.8 Å². The van der Waals surface area contributed by atoms with Gasteiger partial charge in [-0.2, -0.15) is 0 Å². The predicted octanol–water partition coefficient (Wildman–Crippen LogP) is 4.54. The van der Waals surface area contributed by atoms with Crippen LogP contribution in [-0.2, 0) is 4.79 Å². The first kappa shape index (κ1) is 21.9. The van der Waals surface area contributed by atoms with E-state index in [-0.39, 0.29) is 17.9 Å². The van der Waals surface area contributed by atoms with Gasteiger partial charge in [0, 0.05) is 24.6 Å². The summed E-state index contributed by atoms with van der Waals surface area (Å²) in [5.41, 5.74) is 3.19. The molecule has 4 rings (SSSR count). The number of aryl methyl sites for hydroxylation is 1. The van der Waals surface area contributed by atoms with Gasteiger partial charge in [-0.1, -0.05) is 41.9 Å². The number of nitrogens with zero attached hydrogens (tertiary/aromatic N) is 3. The third-order valence-electron chi connectivity index (χ3n) is 6.09. The molecule has 1 unspecified atom stereocenters. The lowest BCUT2D eigenvalue weighted by Gasteiger charge is -2.31. The van der Waals surface area contributed by atoms with Crippen molar-refractivity contribution in [2.24, 2.45) is 5.92 Å². The number of ether oxygens (including phenoxy) is 1. The number of aromatic nitrogens is 2. The van der Waals surface area contributed by atoms with Crippen molar-refractivity contribution in [3.8, 4) is 17.2 Å². The van der Waals surface area contributed by atoms with E-state index in [0.717, 1.165) is 36.1 Å². The number of hydrogen-bond donors (Lipinski definition) is 1. The fourth-order valence-corrected chi connectivity index (χ4v) is 4.04. The van der Waals surface area contributed by atoms with Crippen LogP contribution in [0.3, 0.4) is 0 Å². The van der Waals surface area contributed by atoms with Crippen molar-refractivity contribution < 1.29 is 13.9 Å². The Morgan fingerprint density at radius 3 is 2.44 bits per heavy atom. The van der Waals surface area contributed by atoms with Gasteiger partial charge in [0.25, 0.3) is 0 Å². The molecule has 0 saturated carbocycles. The molecule has 1 aliphatic heterocycles. The number of anilines is 1. The zero-order chi connectivity index (χ0) is 22.5. The Morgan fingerprint density at radius 1 is 1.12 bits per heavy atom. The fourth-order valence-electron chi connectivity index (χ4n) is 4.04. The number of carbonyl (C=O) groups is 1. The summed E-state index contributed by atoms with van der Waals surface area (Å²) in [4.78, 5) is 15.0. The first-order chi connectivity index (χ1) is 15.6. The molecule has 1 fully saturated rings. The molecule has 168 valence electrons. The molecule has 7 nitrogen and oxygen atoms in total. The Balaban J connectivity index is 1.33. The van der Waals surface area contributed by atoms with E-state index in [2.05, 4.69) is 27.3 Å². The molecule has 2 aromatic carbocycles. The van der Waals surface area contributed by atoms with Gasteiger partial charge in [0.2, 0.25) is 11.8 Å². The smallest absolute Gasteiger partial charge is 0.318 e. The zero-order valence-electron chi connectivity index (χ0n) is 18.9. The van der Waals surface area contributed by atoms with Gasteiger partial charge in [-0.15, -0.1) is 5.10 Å². The van der Waals surface area contributed by atoms with E-state index < -0.39 is 0 Å². The predicted molar refractivity (Wildman–Crippen MR) is 124 cm³/mol. The highest BCUT2D eigenvalue weighted by Crippen LogP contribution is 2.27. The topological polar surface area (TPSA) is 80.5 Å². The first-order valence-electron chi connectivity index (χ1n) is 11.2. The summed E-state index contributed by atoms with van der Waals surface area (Å²) in [6, 6.07) is 16.4. The molecule has 0 radical (unpaired) electrons. The lowest BCUT2D eigenvalue weighted by atomic mass is 9.95. The van der Waals surface area contributed by atoms with Crippen molar-refractivity contribution in [3.05, 3.63) is 59.7 Å². The minimum Gasteiger partial charge on any atom is -0.497 e. The maximum Gasteiger partial charge on any atom is 0.318 e. The molecule has 1 atom stereocenters. The van der Waals surface area contributed by atoms with Crippen LogP contribution in [0.5, 0.6) is 5.75 Å². The summed E-state index contributed by atoms with van der Waals surface area (Å²) in [5.74, 6) is 1.43. The van der Waals surface area contributed by atoms with Crippen molar-refractivity contribution in [1.82, 2.24) is 15.5 Å². The molecule has 0 aliphatic carbocycles. The molecule has 1 amide bonds. The fraction of sp³-hybridized carbons (Fsp3) is 0.400. The largest absolute Gasteiger partial charge is 0.497 e. The van der Waals surface area contributed by atoms with Crippen molar-refractivity contribution in [2.45, 2.75) is 39.2 Å². The summed E-state index contributed by atoms with van der Waals surface area (Å²) in [6.07, 6.45) is 2.35. The second-order valence-corrected chi connectivity index (χ2v) is 8.26. The van der Waals surface area contributed by atoms with E-state index in [4.69, 9.17) is 9.15 Å². The lowest BCUT2D eigenvalue weighted by molar-refractivity contribution is -0.126. The number of piperidine rings is 1. The van der Waals surface area contributed by atoms with Crippen molar-refractivity contribution in [1.29, 1.82) is 0 Å². The van der Waals surface area contributed by atoms with Crippen LogP contribution in [-0.4, -0.2) is 36.3 Å². The van der Waals surface area contributed by atoms with Crippen LogP contribution in [0.2, 0.25) is 0 Å². The molecule has 0 bridgehead atoms. The van der Waals surface area contributed by atoms with E-state index >= 15 is 0 Å². The third-order valence-corrected chi connectivity index (χ3v) is 6.09. The van der Waals surface area contributed by atoms with E-state index in [1.165, 1.54) is 5.56 Å². The van der Waals surface area contributed by atoms with Gasteiger partial charge in [-0.3, -0.25) is 4.79 Å². The standard InChI is InChI=1S/C25H30N4O3/c1-4-22(18-9-11-21(31-3)12-10-18)26-23(30)19-13-15-29(16-14-19)25-28-27-24(32-25)20-7-5-17(2)6-8-20/h5-12,19,22H,4,13-16H2,1-3H3,(H,26,30). The number of amides is 1. The van der Waals surface area contributed by atoms with E-state index in [9.17, 15) is 4.79 Å². The molecule has 1 saturated heterocycles. The minimum absolute atomic E-state index is 0.000515. The van der Waals surface area contributed by atoms with Crippen LogP contribution in [0.15, 0.2) is 52.9 Å². The van der Waals surface area contributed by atoms with Gasteiger partial charge in [-0.05, 0) is 56.0 Å². The Kier molecular flexibility index (Phi) is 6.73. The molecule has 32 heavy (non-hydrogen) atoms. The van der Waals surface area contributed by atoms with Crippen molar-refractivity contribution in [3.63, 3.8) is 0 Å². The average molecular weight is 435 g/mol. The molecule has 1 aliphatic rings. The molecule has 1 aromatic heterocycles. The Hall–Kier alpha value is -3.35. The molecular formula is C25H30N4O3. The molecule has 2 heterocycles. The van der Waals surface area contributed by atoms with Crippen LogP contribution in [0.1, 0.15) is 43.4 Å².